The normalized spacial score (nSPS) is 16.5. The topological polar surface area (TPSA) is 193 Å². The number of carbonyl (C=O) groups is 2. The van der Waals surface area contributed by atoms with Gasteiger partial charge >= 0.3 is 11.9 Å². The van der Waals surface area contributed by atoms with Crippen molar-refractivity contribution in [2.45, 2.75) is 43.8 Å². The second kappa shape index (κ2) is 12.8. The van der Waals surface area contributed by atoms with Crippen LogP contribution in [0.2, 0.25) is 0 Å². The molecular weight excluding hydrogens is 362 g/mol. The molecule has 1 rings (SSSR count). The zero-order valence-corrected chi connectivity index (χ0v) is 14.9. The number of hydrogen-bond acceptors (Lipinski definition) is 9. The zero-order valence-electron chi connectivity index (χ0n) is 14.9. The molecule has 0 aromatic carbocycles. The van der Waals surface area contributed by atoms with Gasteiger partial charge in [0.1, 0.15) is 18.5 Å². The fraction of sp³-hybridized carbons (Fsp3) is 0.500. The van der Waals surface area contributed by atoms with Gasteiger partial charge in [-0.1, -0.05) is 12.2 Å². The Hall–Kier alpha value is -2.44. The van der Waals surface area contributed by atoms with Gasteiger partial charge < -0.3 is 36.0 Å². The highest BCUT2D eigenvalue weighted by molar-refractivity contribution is 5.75. The number of hydrogen-bond donors (Lipinski definition) is 7. The number of aromatic nitrogens is 2. The first kappa shape index (κ1) is 24.6. The third-order valence-corrected chi connectivity index (χ3v) is 3.38. The largest absolute Gasteiger partial charge is 0.479 e. The maximum atomic E-state index is 10.1. The molecule has 0 aliphatic carbocycles. The standard InChI is InChI=1S/C10H15N3.C6H10O8/c1-9(11-2)4-3-5-10-6-12-8-13-7-10;7-1(3(9)5(11)12)2(8)4(10)6(13)14/h3,5-9,11H,4H2,1-2H3;1-4,7-10H,(H,11,12)(H,13,14)/b5-3+;/t9-;/m1./s1. The van der Waals surface area contributed by atoms with Crippen LogP contribution in [-0.4, -0.2) is 90.1 Å². The Kier molecular flexibility index (Phi) is 11.7. The number of nitrogens with zero attached hydrogens (tertiary/aromatic N) is 2. The quantitative estimate of drug-likeness (QED) is 0.250. The first-order valence-corrected chi connectivity index (χ1v) is 7.88. The highest BCUT2D eigenvalue weighted by Crippen LogP contribution is 2.05. The SMILES string of the molecule is CN[C@H](C)C/C=C/c1cncnc1.O=C(O)C(O)C(O)C(O)C(O)C(=O)O. The van der Waals surface area contributed by atoms with Crippen LogP contribution in [0.3, 0.4) is 0 Å². The van der Waals surface area contributed by atoms with Crippen molar-refractivity contribution in [2.75, 3.05) is 7.05 Å². The maximum absolute atomic E-state index is 10.1. The molecule has 0 fully saturated rings. The number of carboxylic acids is 2. The zero-order chi connectivity index (χ0) is 21.0. The molecule has 1 aromatic heterocycles. The Morgan fingerprint density at radius 3 is 1.85 bits per heavy atom. The minimum absolute atomic E-state index is 0.515. The van der Waals surface area contributed by atoms with E-state index in [0.29, 0.717) is 6.04 Å². The molecule has 27 heavy (non-hydrogen) atoms. The van der Waals surface area contributed by atoms with Gasteiger partial charge in [0.05, 0.1) is 0 Å². The van der Waals surface area contributed by atoms with Crippen molar-refractivity contribution < 1.29 is 40.2 Å². The molecule has 7 N–H and O–H groups in total. The van der Waals surface area contributed by atoms with Gasteiger partial charge in [0.25, 0.3) is 0 Å². The third-order valence-electron chi connectivity index (χ3n) is 3.38. The second-order valence-electron chi connectivity index (χ2n) is 5.55. The van der Waals surface area contributed by atoms with Crippen LogP contribution in [0.5, 0.6) is 0 Å². The second-order valence-corrected chi connectivity index (χ2v) is 5.55. The lowest BCUT2D eigenvalue weighted by Crippen LogP contribution is -2.49. The summed E-state index contributed by atoms with van der Waals surface area (Å²) in [5.74, 6) is -3.68. The molecule has 0 aliphatic rings. The van der Waals surface area contributed by atoms with Crippen molar-refractivity contribution in [2.24, 2.45) is 0 Å². The van der Waals surface area contributed by atoms with Gasteiger partial charge in [0.15, 0.2) is 12.2 Å². The molecule has 0 saturated heterocycles. The van der Waals surface area contributed by atoms with Gasteiger partial charge in [-0.15, -0.1) is 0 Å². The molecule has 4 unspecified atom stereocenters. The van der Waals surface area contributed by atoms with Gasteiger partial charge in [-0.2, -0.15) is 0 Å². The predicted octanol–water partition coefficient (Wildman–Crippen LogP) is -1.91. The molecular formula is C16H25N3O8. The Labute approximate surface area is 155 Å². The van der Waals surface area contributed by atoms with Crippen LogP contribution in [0.4, 0.5) is 0 Å². The molecule has 0 amide bonds. The first-order chi connectivity index (χ1) is 12.6. The molecule has 1 aromatic rings. The van der Waals surface area contributed by atoms with Crippen molar-refractivity contribution >= 4 is 18.0 Å². The smallest absolute Gasteiger partial charge is 0.335 e. The van der Waals surface area contributed by atoms with Crippen molar-refractivity contribution in [3.05, 3.63) is 30.4 Å². The average Bonchev–Trinajstić information content (AvgIpc) is 2.66. The van der Waals surface area contributed by atoms with Crippen molar-refractivity contribution in [1.29, 1.82) is 0 Å². The summed E-state index contributed by atoms with van der Waals surface area (Å²) < 4.78 is 0. The van der Waals surface area contributed by atoms with E-state index < -0.39 is 36.4 Å². The van der Waals surface area contributed by atoms with E-state index in [4.69, 9.17) is 30.6 Å². The van der Waals surface area contributed by atoms with E-state index in [0.717, 1.165) is 12.0 Å². The number of aliphatic carboxylic acids is 2. The summed E-state index contributed by atoms with van der Waals surface area (Å²) in [5.41, 5.74) is 1.05. The molecule has 5 atom stereocenters. The Balaban J connectivity index is 0.000000501. The van der Waals surface area contributed by atoms with Gasteiger partial charge in [-0.25, -0.2) is 19.6 Å². The molecule has 0 radical (unpaired) electrons. The van der Waals surface area contributed by atoms with E-state index in [1.165, 1.54) is 6.33 Å². The average molecular weight is 387 g/mol. The Bertz CT molecular complexity index is 575. The molecule has 11 heteroatoms. The molecule has 0 spiro atoms. The number of rotatable bonds is 9. The molecule has 11 nitrogen and oxygen atoms in total. The highest BCUT2D eigenvalue weighted by atomic mass is 16.4. The van der Waals surface area contributed by atoms with Gasteiger partial charge in [0.2, 0.25) is 0 Å². The van der Waals surface area contributed by atoms with Gasteiger partial charge in [-0.3, -0.25) is 0 Å². The lowest BCUT2D eigenvalue weighted by atomic mass is 10.0. The van der Waals surface area contributed by atoms with E-state index in [1.807, 2.05) is 13.1 Å². The molecule has 0 saturated carbocycles. The number of carboxylic acid groups (broad SMARTS) is 2. The summed E-state index contributed by atoms with van der Waals surface area (Å²) in [4.78, 5) is 28.0. The van der Waals surface area contributed by atoms with Crippen LogP contribution in [0.25, 0.3) is 6.08 Å². The first-order valence-electron chi connectivity index (χ1n) is 7.88. The summed E-state index contributed by atoms with van der Waals surface area (Å²) in [6.45, 7) is 2.14. The minimum atomic E-state index is -2.36. The van der Waals surface area contributed by atoms with Crippen LogP contribution in [0.15, 0.2) is 24.8 Å². The van der Waals surface area contributed by atoms with E-state index in [1.54, 1.807) is 12.4 Å². The van der Waals surface area contributed by atoms with Crippen LogP contribution in [0.1, 0.15) is 18.9 Å². The number of aliphatic hydroxyl groups is 4. The molecule has 0 aliphatic heterocycles. The highest BCUT2D eigenvalue weighted by Gasteiger charge is 2.37. The lowest BCUT2D eigenvalue weighted by Gasteiger charge is -2.21. The van der Waals surface area contributed by atoms with Crippen LogP contribution < -0.4 is 5.32 Å². The fourth-order valence-electron chi connectivity index (χ4n) is 1.59. The molecule has 1 heterocycles. The van der Waals surface area contributed by atoms with E-state index >= 15 is 0 Å². The predicted molar refractivity (Wildman–Crippen MR) is 93.5 cm³/mol. The maximum Gasteiger partial charge on any atom is 0.335 e. The summed E-state index contributed by atoms with van der Waals surface area (Å²) >= 11 is 0. The number of nitrogens with one attached hydrogen (secondary N) is 1. The molecule has 152 valence electrons. The van der Waals surface area contributed by atoms with E-state index in [9.17, 15) is 9.59 Å². The monoisotopic (exact) mass is 387 g/mol. The summed E-state index contributed by atoms with van der Waals surface area (Å²) in [5, 5.41) is 54.6. The summed E-state index contributed by atoms with van der Waals surface area (Å²) in [7, 11) is 1.96. The Morgan fingerprint density at radius 2 is 1.48 bits per heavy atom. The van der Waals surface area contributed by atoms with Crippen LogP contribution >= 0.6 is 0 Å². The lowest BCUT2D eigenvalue weighted by molar-refractivity contribution is -0.172. The van der Waals surface area contributed by atoms with E-state index in [-0.39, 0.29) is 0 Å². The van der Waals surface area contributed by atoms with Crippen molar-refractivity contribution in [1.82, 2.24) is 15.3 Å². The number of aliphatic hydroxyl groups excluding tert-OH is 4. The van der Waals surface area contributed by atoms with Crippen molar-refractivity contribution in [3.8, 4) is 0 Å². The fourth-order valence-corrected chi connectivity index (χ4v) is 1.59. The van der Waals surface area contributed by atoms with E-state index in [2.05, 4.69) is 28.3 Å². The van der Waals surface area contributed by atoms with Gasteiger partial charge in [0, 0.05) is 24.0 Å². The van der Waals surface area contributed by atoms with Gasteiger partial charge in [-0.05, 0) is 20.4 Å². The summed E-state index contributed by atoms with van der Waals surface area (Å²) in [6, 6.07) is 0.515. The third kappa shape index (κ3) is 9.72. The minimum Gasteiger partial charge on any atom is -0.479 e. The van der Waals surface area contributed by atoms with Crippen molar-refractivity contribution in [3.63, 3.8) is 0 Å². The summed E-state index contributed by atoms with van der Waals surface area (Å²) in [6.07, 6.45) is 1.03. The van der Waals surface area contributed by atoms with Crippen LogP contribution in [-0.2, 0) is 9.59 Å². The molecule has 0 bridgehead atoms. The Morgan fingerprint density at radius 1 is 1.04 bits per heavy atom. The van der Waals surface area contributed by atoms with Crippen LogP contribution in [0, 0.1) is 0 Å².